The molecule has 0 unspecified atom stereocenters. The lowest BCUT2D eigenvalue weighted by atomic mass is 9.51. The van der Waals surface area contributed by atoms with Gasteiger partial charge in [0.2, 0.25) is 0 Å². The van der Waals surface area contributed by atoms with Gasteiger partial charge in [0.15, 0.2) is 5.79 Å². The topological polar surface area (TPSA) is 40.5 Å². The molecule has 0 bridgehead atoms. The third-order valence-electron chi connectivity index (χ3n) is 3.06. The van der Waals surface area contributed by atoms with Crippen molar-refractivity contribution in [2.24, 2.45) is 10.8 Å². The predicted octanol–water partition coefficient (Wildman–Crippen LogP) is 1.54. The minimum atomic E-state index is -1.52. The molecule has 0 spiro atoms. The van der Waals surface area contributed by atoms with Gasteiger partial charge in [-0.2, -0.15) is 0 Å². The van der Waals surface area contributed by atoms with Gasteiger partial charge in [-0.25, -0.2) is 0 Å². The van der Waals surface area contributed by atoms with Crippen LogP contribution in [0.1, 0.15) is 27.7 Å². The molecule has 0 amide bonds. The van der Waals surface area contributed by atoms with E-state index in [-0.39, 0.29) is 0 Å². The number of alkyl halides is 1. The highest BCUT2D eigenvalue weighted by Gasteiger charge is 2.70. The Morgan fingerprint density at radius 2 is 1.27 bits per heavy atom. The van der Waals surface area contributed by atoms with Crippen LogP contribution in [0.4, 0.5) is 0 Å². The molecule has 1 saturated carbocycles. The highest BCUT2D eigenvalue weighted by molar-refractivity contribution is 14.1. The summed E-state index contributed by atoms with van der Waals surface area (Å²) in [7, 11) is 0. The lowest BCUT2D eigenvalue weighted by Gasteiger charge is -2.64. The molecule has 0 heterocycles. The fourth-order valence-electron chi connectivity index (χ4n) is 2.01. The van der Waals surface area contributed by atoms with Gasteiger partial charge in [0.05, 0.1) is 0 Å². The van der Waals surface area contributed by atoms with Crippen molar-refractivity contribution in [2.45, 2.75) is 37.4 Å². The Kier molecular flexibility index (Phi) is 1.87. The van der Waals surface area contributed by atoms with E-state index in [1.165, 1.54) is 0 Å². The first kappa shape index (κ1) is 9.74. The van der Waals surface area contributed by atoms with Gasteiger partial charge >= 0.3 is 0 Å². The van der Waals surface area contributed by atoms with Crippen LogP contribution >= 0.6 is 22.6 Å². The van der Waals surface area contributed by atoms with Crippen LogP contribution in [0.25, 0.3) is 0 Å². The molecule has 1 fully saturated rings. The molecule has 0 aromatic carbocycles. The van der Waals surface area contributed by atoms with Crippen molar-refractivity contribution in [3.63, 3.8) is 0 Å². The SMILES string of the molecule is CC1(C)C(I)C(C)(C)C1(O)O. The molecule has 2 nitrogen and oxygen atoms in total. The second-order valence-electron chi connectivity index (χ2n) is 4.48. The van der Waals surface area contributed by atoms with Crippen LogP contribution in [0.5, 0.6) is 0 Å². The summed E-state index contributed by atoms with van der Waals surface area (Å²) in [5, 5.41) is 19.4. The molecule has 1 aliphatic rings. The van der Waals surface area contributed by atoms with Crippen molar-refractivity contribution in [1.82, 2.24) is 0 Å². The van der Waals surface area contributed by atoms with Gasteiger partial charge in [0.1, 0.15) is 0 Å². The van der Waals surface area contributed by atoms with Crippen LogP contribution in [0.2, 0.25) is 0 Å². The molecule has 2 N–H and O–H groups in total. The first-order valence-electron chi connectivity index (χ1n) is 3.74. The molecule has 11 heavy (non-hydrogen) atoms. The summed E-state index contributed by atoms with van der Waals surface area (Å²) >= 11 is 2.28. The van der Waals surface area contributed by atoms with Crippen LogP contribution in [-0.4, -0.2) is 19.9 Å². The second kappa shape index (κ2) is 2.12. The van der Waals surface area contributed by atoms with Gasteiger partial charge in [-0.3, -0.25) is 0 Å². The summed E-state index contributed by atoms with van der Waals surface area (Å²) in [6.07, 6.45) is 0. The third-order valence-corrected chi connectivity index (χ3v) is 6.18. The van der Waals surface area contributed by atoms with Gasteiger partial charge in [-0.15, -0.1) is 0 Å². The predicted molar refractivity (Wildman–Crippen MR) is 52.5 cm³/mol. The van der Waals surface area contributed by atoms with Gasteiger partial charge in [-0.1, -0.05) is 50.3 Å². The molecule has 1 aliphatic carbocycles. The Bertz CT molecular complexity index is 167. The van der Waals surface area contributed by atoms with E-state index < -0.39 is 16.6 Å². The Morgan fingerprint density at radius 3 is 1.36 bits per heavy atom. The molecule has 0 saturated heterocycles. The summed E-state index contributed by atoms with van der Waals surface area (Å²) in [6, 6.07) is 0. The van der Waals surface area contributed by atoms with Crippen LogP contribution in [0.3, 0.4) is 0 Å². The lowest BCUT2D eigenvalue weighted by molar-refractivity contribution is -0.357. The number of hydrogen-bond acceptors (Lipinski definition) is 2. The quantitative estimate of drug-likeness (QED) is 0.398. The zero-order chi connectivity index (χ0) is 9.08. The summed E-state index contributed by atoms with van der Waals surface area (Å²) in [5.41, 5.74) is -0.784. The second-order valence-corrected chi connectivity index (χ2v) is 5.72. The standard InChI is InChI=1S/C8H15IO2/c1-6(2)5(9)7(3,4)8(6,10)11/h5,10-11H,1-4H3. The van der Waals surface area contributed by atoms with E-state index in [0.717, 1.165) is 0 Å². The average Bonchev–Trinajstić information content (AvgIpc) is 1.84. The van der Waals surface area contributed by atoms with E-state index in [1.54, 1.807) is 0 Å². The van der Waals surface area contributed by atoms with E-state index in [9.17, 15) is 10.2 Å². The van der Waals surface area contributed by atoms with Gasteiger partial charge in [0, 0.05) is 14.8 Å². The highest BCUT2D eigenvalue weighted by atomic mass is 127. The van der Waals surface area contributed by atoms with E-state index in [4.69, 9.17) is 0 Å². The van der Waals surface area contributed by atoms with Crippen molar-refractivity contribution >= 4 is 22.6 Å². The average molecular weight is 270 g/mol. The van der Waals surface area contributed by atoms with Gasteiger partial charge in [-0.05, 0) is 0 Å². The minimum absolute atomic E-state index is 0.308. The Morgan fingerprint density at radius 1 is 1.00 bits per heavy atom. The molecule has 0 atom stereocenters. The zero-order valence-electron chi connectivity index (χ0n) is 7.35. The van der Waals surface area contributed by atoms with E-state index in [2.05, 4.69) is 22.6 Å². The maximum Gasteiger partial charge on any atom is 0.175 e. The van der Waals surface area contributed by atoms with Crippen LogP contribution in [0, 0.1) is 10.8 Å². The zero-order valence-corrected chi connectivity index (χ0v) is 9.51. The molecule has 0 aromatic heterocycles. The Hall–Kier alpha value is 0.650. The number of hydrogen-bond donors (Lipinski definition) is 2. The van der Waals surface area contributed by atoms with Gasteiger partial charge < -0.3 is 10.2 Å². The summed E-state index contributed by atoms with van der Waals surface area (Å²) < 4.78 is 0.308. The molecule has 0 radical (unpaired) electrons. The van der Waals surface area contributed by atoms with E-state index in [0.29, 0.717) is 3.92 Å². The molecular formula is C8H15IO2. The Labute approximate surface area is 81.1 Å². The molecule has 0 aromatic rings. The van der Waals surface area contributed by atoms with Crippen molar-refractivity contribution in [3.8, 4) is 0 Å². The van der Waals surface area contributed by atoms with E-state index >= 15 is 0 Å². The number of halogens is 1. The lowest BCUT2D eigenvalue weighted by Crippen LogP contribution is -2.74. The van der Waals surface area contributed by atoms with Crippen molar-refractivity contribution < 1.29 is 10.2 Å². The van der Waals surface area contributed by atoms with Crippen LogP contribution < -0.4 is 0 Å². The van der Waals surface area contributed by atoms with Crippen molar-refractivity contribution in [1.29, 1.82) is 0 Å². The number of rotatable bonds is 0. The maximum absolute atomic E-state index is 9.69. The van der Waals surface area contributed by atoms with Crippen molar-refractivity contribution in [3.05, 3.63) is 0 Å². The molecule has 1 rings (SSSR count). The maximum atomic E-state index is 9.69. The summed E-state index contributed by atoms with van der Waals surface area (Å²) in [5.74, 6) is -1.52. The normalized spacial score (nSPS) is 33.0. The van der Waals surface area contributed by atoms with Crippen LogP contribution in [-0.2, 0) is 0 Å². The van der Waals surface area contributed by atoms with Gasteiger partial charge in [0.25, 0.3) is 0 Å². The van der Waals surface area contributed by atoms with Crippen LogP contribution in [0.15, 0.2) is 0 Å². The monoisotopic (exact) mass is 270 g/mol. The van der Waals surface area contributed by atoms with Crippen molar-refractivity contribution in [2.75, 3.05) is 0 Å². The minimum Gasteiger partial charge on any atom is -0.365 e. The highest BCUT2D eigenvalue weighted by Crippen LogP contribution is 2.63. The summed E-state index contributed by atoms with van der Waals surface area (Å²) in [4.78, 5) is 0. The fraction of sp³-hybridized carbons (Fsp3) is 1.00. The first-order valence-corrected chi connectivity index (χ1v) is 4.99. The molecule has 3 heteroatoms. The molecule has 0 aliphatic heterocycles. The molecule has 66 valence electrons. The number of aliphatic hydroxyl groups is 2. The largest absolute Gasteiger partial charge is 0.365 e. The third kappa shape index (κ3) is 0.848. The molecular weight excluding hydrogens is 255 g/mol. The first-order chi connectivity index (χ1) is 4.65. The fourth-order valence-corrected chi connectivity index (χ4v) is 2.88. The summed E-state index contributed by atoms with van der Waals surface area (Å²) in [6.45, 7) is 7.54. The smallest absolute Gasteiger partial charge is 0.175 e. The Balaban J connectivity index is 2.98. The van der Waals surface area contributed by atoms with E-state index in [1.807, 2.05) is 27.7 Å².